The molecule has 0 spiro atoms. The Hall–Kier alpha value is -0.0800. The fourth-order valence-electron chi connectivity index (χ4n) is 1.83. The van der Waals surface area contributed by atoms with Gasteiger partial charge in [-0.15, -0.1) is 0 Å². The first-order valence-corrected chi connectivity index (χ1v) is 5.16. The van der Waals surface area contributed by atoms with Crippen LogP contribution in [-0.4, -0.2) is 26.3 Å². The van der Waals surface area contributed by atoms with Crippen LogP contribution in [0.4, 0.5) is 0 Å². The minimum absolute atomic E-state index is 0. The van der Waals surface area contributed by atoms with Crippen LogP contribution in [0, 0.1) is 0 Å². The van der Waals surface area contributed by atoms with Gasteiger partial charge in [-0.2, -0.15) is 0 Å². The van der Waals surface area contributed by atoms with E-state index < -0.39 is 0 Å². The molecule has 0 unspecified atom stereocenters. The van der Waals surface area contributed by atoms with Gasteiger partial charge in [-0.1, -0.05) is 19.3 Å². The monoisotopic (exact) mass is 173 g/mol. The van der Waals surface area contributed by atoms with Gasteiger partial charge in [-0.05, 0) is 25.8 Å². The lowest BCUT2D eigenvalue weighted by Crippen LogP contribution is -2.32. The van der Waals surface area contributed by atoms with Gasteiger partial charge in [-0.25, -0.2) is 0 Å². The Morgan fingerprint density at radius 3 is 2.75 bits per heavy atom. The van der Waals surface area contributed by atoms with E-state index in [4.69, 9.17) is 4.74 Å². The Bertz CT molecular complexity index is 105. The van der Waals surface area contributed by atoms with Crippen molar-refractivity contribution < 1.29 is 6.16 Å². The van der Waals surface area contributed by atoms with Crippen molar-refractivity contribution in [2.24, 2.45) is 0 Å². The molecule has 0 aromatic heterocycles. The van der Waals surface area contributed by atoms with Gasteiger partial charge >= 0.3 is 0 Å². The quantitative estimate of drug-likeness (QED) is 0.643. The zero-order valence-electron chi connectivity index (χ0n) is 8.14. The van der Waals surface area contributed by atoms with E-state index in [0.717, 1.165) is 25.6 Å². The first kappa shape index (κ1) is 10.0. The van der Waals surface area contributed by atoms with Gasteiger partial charge in [0.25, 0.3) is 0 Å². The minimum atomic E-state index is 0. The topological polar surface area (TPSA) is 21.3 Å². The standard InChI is InChI=1S/C10H21NO.H2/c1-12-9-5-8-11-10-6-3-2-4-7-10;/h10-11H,2-9H2,1H3;1H. The van der Waals surface area contributed by atoms with Crippen molar-refractivity contribution in [3.05, 3.63) is 0 Å². The molecule has 1 aliphatic rings. The summed E-state index contributed by atoms with van der Waals surface area (Å²) < 4.78 is 4.99. The van der Waals surface area contributed by atoms with Crippen molar-refractivity contribution in [1.29, 1.82) is 0 Å². The number of methoxy groups -OCH3 is 1. The molecule has 0 amide bonds. The minimum Gasteiger partial charge on any atom is -0.385 e. The van der Waals surface area contributed by atoms with Crippen molar-refractivity contribution >= 4 is 0 Å². The van der Waals surface area contributed by atoms with Crippen molar-refractivity contribution in [2.45, 2.75) is 44.6 Å². The number of ether oxygens (including phenoxy) is 1. The second-order valence-electron chi connectivity index (χ2n) is 3.64. The third kappa shape index (κ3) is 4.07. The third-order valence-electron chi connectivity index (χ3n) is 2.56. The molecule has 1 aliphatic carbocycles. The molecule has 0 bridgehead atoms. The summed E-state index contributed by atoms with van der Waals surface area (Å²) in [5.41, 5.74) is 0. The Kier molecular flexibility index (Phi) is 5.37. The normalized spacial score (nSPS) is 19.8. The Morgan fingerprint density at radius 2 is 2.08 bits per heavy atom. The van der Waals surface area contributed by atoms with Crippen LogP contribution in [-0.2, 0) is 4.74 Å². The Balaban J connectivity index is 0.00000144. The smallest absolute Gasteiger partial charge is 0.0474 e. The molecule has 74 valence electrons. The van der Waals surface area contributed by atoms with Gasteiger partial charge in [0, 0.05) is 21.2 Å². The van der Waals surface area contributed by atoms with E-state index in [0.29, 0.717) is 0 Å². The van der Waals surface area contributed by atoms with E-state index in [-0.39, 0.29) is 1.43 Å². The maximum atomic E-state index is 4.99. The number of nitrogens with one attached hydrogen (secondary N) is 1. The Morgan fingerprint density at radius 1 is 1.33 bits per heavy atom. The molecule has 0 aliphatic heterocycles. The van der Waals surface area contributed by atoms with Crippen LogP contribution in [0.1, 0.15) is 40.0 Å². The van der Waals surface area contributed by atoms with E-state index in [1.807, 2.05) is 0 Å². The highest BCUT2D eigenvalue weighted by Gasteiger charge is 2.11. The summed E-state index contributed by atoms with van der Waals surface area (Å²) in [5, 5.41) is 3.58. The van der Waals surface area contributed by atoms with Crippen LogP contribution < -0.4 is 5.32 Å². The molecule has 1 N–H and O–H groups in total. The molecule has 0 atom stereocenters. The summed E-state index contributed by atoms with van der Waals surface area (Å²) in [6.07, 6.45) is 8.19. The van der Waals surface area contributed by atoms with E-state index in [2.05, 4.69) is 5.32 Å². The predicted molar refractivity (Wildman–Crippen MR) is 53.5 cm³/mol. The van der Waals surface area contributed by atoms with Crippen molar-refractivity contribution in [1.82, 2.24) is 5.32 Å². The average Bonchev–Trinajstić information content (AvgIpc) is 2.14. The number of rotatable bonds is 5. The maximum absolute atomic E-state index is 4.99. The molecule has 1 saturated carbocycles. The van der Waals surface area contributed by atoms with Crippen LogP contribution in [0.25, 0.3) is 0 Å². The summed E-state index contributed by atoms with van der Waals surface area (Å²) >= 11 is 0. The van der Waals surface area contributed by atoms with Crippen LogP contribution in [0.15, 0.2) is 0 Å². The largest absolute Gasteiger partial charge is 0.385 e. The second kappa shape index (κ2) is 6.44. The van der Waals surface area contributed by atoms with Gasteiger partial charge in [0.05, 0.1) is 0 Å². The molecular weight excluding hydrogens is 150 g/mol. The van der Waals surface area contributed by atoms with E-state index in [1.54, 1.807) is 7.11 Å². The van der Waals surface area contributed by atoms with Gasteiger partial charge < -0.3 is 10.1 Å². The highest BCUT2D eigenvalue weighted by atomic mass is 16.5. The summed E-state index contributed by atoms with van der Waals surface area (Å²) in [5.74, 6) is 0. The van der Waals surface area contributed by atoms with Crippen molar-refractivity contribution in [3.8, 4) is 0 Å². The van der Waals surface area contributed by atoms with Crippen LogP contribution in [0.5, 0.6) is 0 Å². The van der Waals surface area contributed by atoms with Crippen molar-refractivity contribution in [3.63, 3.8) is 0 Å². The van der Waals surface area contributed by atoms with E-state index >= 15 is 0 Å². The fraction of sp³-hybridized carbons (Fsp3) is 1.00. The lowest BCUT2D eigenvalue weighted by atomic mass is 9.95. The van der Waals surface area contributed by atoms with Crippen LogP contribution >= 0.6 is 0 Å². The first-order valence-electron chi connectivity index (χ1n) is 5.16. The predicted octanol–water partition coefficient (Wildman–Crippen LogP) is 2.19. The average molecular weight is 173 g/mol. The zero-order chi connectivity index (χ0) is 8.65. The molecular formula is C10H23NO. The number of hydrogen-bond acceptors (Lipinski definition) is 2. The molecule has 0 saturated heterocycles. The first-order chi connectivity index (χ1) is 5.93. The molecule has 1 rings (SSSR count). The van der Waals surface area contributed by atoms with Gasteiger partial charge in [0.15, 0.2) is 0 Å². The molecule has 0 radical (unpaired) electrons. The summed E-state index contributed by atoms with van der Waals surface area (Å²) in [4.78, 5) is 0. The lowest BCUT2D eigenvalue weighted by Gasteiger charge is -2.22. The molecule has 0 aromatic rings. The van der Waals surface area contributed by atoms with Gasteiger partial charge in [0.2, 0.25) is 0 Å². The van der Waals surface area contributed by atoms with E-state index in [1.165, 1.54) is 32.1 Å². The lowest BCUT2D eigenvalue weighted by molar-refractivity contribution is 0.192. The highest BCUT2D eigenvalue weighted by molar-refractivity contribution is 4.71. The molecule has 2 nitrogen and oxygen atoms in total. The fourth-order valence-corrected chi connectivity index (χ4v) is 1.83. The van der Waals surface area contributed by atoms with E-state index in [9.17, 15) is 0 Å². The van der Waals surface area contributed by atoms with Crippen LogP contribution in [0.2, 0.25) is 0 Å². The molecule has 0 aromatic carbocycles. The maximum Gasteiger partial charge on any atom is 0.0474 e. The second-order valence-corrected chi connectivity index (χ2v) is 3.64. The molecule has 2 heteroatoms. The number of hydrogen-bond donors (Lipinski definition) is 1. The summed E-state index contributed by atoms with van der Waals surface area (Å²) in [7, 11) is 1.76. The van der Waals surface area contributed by atoms with Crippen molar-refractivity contribution in [2.75, 3.05) is 20.3 Å². The Labute approximate surface area is 77.2 Å². The highest BCUT2D eigenvalue weighted by Crippen LogP contribution is 2.16. The van der Waals surface area contributed by atoms with Crippen LogP contribution in [0.3, 0.4) is 0 Å². The molecule has 1 fully saturated rings. The SMILES string of the molecule is COCCCNC1CCCCC1.[HH]. The third-order valence-corrected chi connectivity index (χ3v) is 2.56. The molecule has 12 heavy (non-hydrogen) atoms. The zero-order valence-corrected chi connectivity index (χ0v) is 8.14. The van der Waals surface area contributed by atoms with Gasteiger partial charge in [-0.3, -0.25) is 0 Å². The summed E-state index contributed by atoms with van der Waals surface area (Å²) in [6, 6.07) is 0.801. The van der Waals surface area contributed by atoms with Gasteiger partial charge in [0.1, 0.15) is 0 Å². The summed E-state index contributed by atoms with van der Waals surface area (Å²) in [6.45, 7) is 2.01. The molecule has 0 heterocycles.